The van der Waals surface area contributed by atoms with Gasteiger partial charge in [0.15, 0.2) is 0 Å². The summed E-state index contributed by atoms with van der Waals surface area (Å²) >= 11 is 5.88. The summed E-state index contributed by atoms with van der Waals surface area (Å²) in [6.45, 7) is 0. The van der Waals surface area contributed by atoms with E-state index in [0.717, 1.165) is 5.56 Å². The lowest BCUT2D eigenvalue weighted by Gasteiger charge is -2.03. The normalized spacial score (nSPS) is 10.5. The van der Waals surface area contributed by atoms with Gasteiger partial charge in [0.25, 0.3) is 5.91 Å². The second-order valence-electron chi connectivity index (χ2n) is 4.71. The van der Waals surface area contributed by atoms with Crippen molar-refractivity contribution in [3.05, 3.63) is 65.4 Å². The van der Waals surface area contributed by atoms with Crippen molar-refractivity contribution in [2.75, 3.05) is 5.32 Å². The summed E-state index contributed by atoms with van der Waals surface area (Å²) in [5.74, 6) is 0.246. The molecule has 0 radical (unpaired) electrons. The van der Waals surface area contributed by atoms with Crippen molar-refractivity contribution in [3.8, 4) is 11.3 Å². The predicted molar refractivity (Wildman–Crippen MR) is 85.8 cm³/mol. The van der Waals surface area contributed by atoms with Gasteiger partial charge in [-0.05, 0) is 30.3 Å². The maximum atomic E-state index is 12.3. The van der Waals surface area contributed by atoms with Crippen molar-refractivity contribution in [1.29, 1.82) is 0 Å². The van der Waals surface area contributed by atoms with Crippen LogP contribution in [0.15, 0.2) is 54.7 Å². The molecule has 0 saturated heterocycles. The van der Waals surface area contributed by atoms with Gasteiger partial charge in [0.05, 0.1) is 5.69 Å². The van der Waals surface area contributed by atoms with Gasteiger partial charge in [0.2, 0.25) is 0 Å². The Hall–Kier alpha value is -2.66. The number of anilines is 1. The molecule has 0 aliphatic heterocycles. The molecule has 110 valence electrons. The number of halogens is 1. The number of aromatic nitrogens is 3. The number of pyridine rings is 1. The maximum Gasteiger partial charge on any atom is 0.275 e. The Labute approximate surface area is 132 Å². The van der Waals surface area contributed by atoms with Crippen LogP contribution in [0.3, 0.4) is 0 Å². The zero-order valence-electron chi connectivity index (χ0n) is 11.8. The van der Waals surface area contributed by atoms with Crippen LogP contribution in [0.4, 0.5) is 5.82 Å². The SMILES string of the molecule is Cn1nc(-c2ccc(Cl)cc2)cc1C(=O)Nc1ccccn1. The first-order chi connectivity index (χ1) is 10.6. The number of benzene rings is 1. The average molecular weight is 313 g/mol. The van der Waals surface area contributed by atoms with Gasteiger partial charge in [0.1, 0.15) is 11.5 Å². The van der Waals surface area contributed by atoms with Crippen molar-refractivity contribution in [2.24, 2.45) is 7.05 Å². The Morgan fingerprint density at radius 1 is 1.18 bits per heavy atom. The zero-order valence-corrected chi connectivity index (χ0v) is 12.6. The van der Waals surface area contributed by atoms with Crippen molar-refractivity contribution in [1.82, 2.24) is 14.8 Å². The summed E-state index contributed by atoms with van der Waals surface area (Å²) in [4.78, 5) is 16.4. The van der Waals surface area contributed by atoms with Crippen molar-refractivity contribution in [2.45, 2.75) is 0 Å². The number of carbonyl (C=O) groups is 1. The van der Waals surface area contributed by atoms with Crippen LogP contribution in [0.25, 0.3) is 11.3 Å². The van der Waals surface area contributed by atoms with Gasteiger partial charge in [-0.25, -0.2) is 4.98 Å². The second kappa shape index (κ2) is 5.99. The van der Waals surface area contributed by atoms with E-state index in [2.05, 4.69) is 15.4 Å². The molecule has 0 fully saturated rings. The van der Waals surface area contributed by atoms with Crippen LogP contribution in [0.2, 0.25) is 5.02 Å². The molecule has 0 aliphatic rings. The van der Waals surface area contributed by atoms with Gasteiger partial charge in [0, 0.05) is 23.8 Å². The Morgan fingerprint density at radius 3 is 2.64 bits per heavy atom. The van der Waals surface area contributed by atoms with E-state index in [1.807, 2.05) is 18.2 Å². The van der Waals surface area contributed by atoms with Gasteiger partial charge in [-0.2, -0.15) is 5.10 Å². The highest BCUT2D eigenvalue weighted by molar-refractivity contribution is 6.30. The van der Waals surface area contributed by atoms with Crippen LogP contribution in [-0.2, 0) is 7.05 Å². The Morgan fingerprint density at radius 2 is 1.95 bits per heavy atom. The quantitative estimate of drug-likeness (QED) is 0.806. The van der Waals surface area contributed by atoms with Crippen molar-refractivity contribution >= 4 is 23.3 Å². The van der Waals surface area contributed by atoms with Crippen molar-refractivity contribution < 1.29 is 4.79 Å². The Bertz CT molecular complexity index is 797. The third-order valence-electron chi connectivity index (χ3n) is 3.16. The number of rotatable bonds is 3. The summed E-state index contributed by atoms with van der Waals surface area (Å²) in [5, 5.41) is 7.77. The van der Waals surface area contributed by atoms with Gasteiger partial charge >= 0.3 is 0 Å². The second-order valence-corrected chi connectivity index (χ2v) is 5.15. The summed E-state index contributed by atoms with van der Waals surface area (Å²) in [6.07, 6.45) is 1.62. The predicted octanol–water partition coefficient (Wildman–Crippen LogP) is 3.39. The molecule has 2 aromatic heterocycles. The molecule has 22 heavy (non-hydrogen) atoms. The van der Waals surface area contributed by atoms with Crippen LogP contribution in [0, 0.1) is 0 Å². The molecule has 6 heteroatoms. The first-order valence-corrected chi connectivity index (χ1v) is 7.03. The molecule has 3 aromatic rings. The summed E-state index contributed by atoms with van der Waals surface area (Å²) < 4.78 is 1.54. The summed E-state index contributed by atoms with van der Waals surface area (Å²) in [7, 11) is 1.73. The number of hydrogen-bond donors (Lipinski definition) is 1. The molecular weight excluding hydrogens is 300 g/mol. The highest BCUT2D eigenvalue weighted by atomic mass is 35.5. The molecule has 2 heterocycles. The number of nitrogens with zero attached hydrogens (tertiary/aromatic N) is 3. The molecule has 0 saturated carbocycles. The molecule has 0 spiro atoms. The maximum absolute atomic E-state index is 12.3. The molecule has 5 nitrogen and oxygen atoms in total. The van der Waals surface area contributed by atoms with E-state index in [1.54, 1.807) is 48.3 Å². The molecule has 0 atom stereocenters. The molecule has 0 bridgehead atoms. The van der Waals surface area contributed by atoms with Gasteiger partial charge < -0.3 is 5.32 Å². The van der Waals surface area contributed by atoms with E-state index in [9.17, 15) is 4.79 Å². The summed E-state index contributed by atoms with van der Waals surface area (Å²) in [5.41, 5.74) is 2.07. The van der Waals surface area contributed by atoms with E-state index in [0.29, 0.717) is 22.2 Å². The minimum Gasteiger partial charge on any atom is -0.305 e. The first kappa shape index (κ1) is 14.3. The molecule has 1 N–H and O–H groups in total. The summed E-state index contributed by atoms with van der Waals surface area (Å²) in [6, 6.07) is 14.4. The van der Waals surface area contributed by atoms with Gasteiger partial charge in [-0.3, -0.25) is 9.48 Å². The molecule has 0 aliphatic carbocycles. The molecule has 1 aromatic carbocycles. The number of hydrogen-bond acceptors (Lipinski definition) is 3. The van der Waals surface area contributed by atoms with E-state index >= 15 is 0 Å². The number of nitrogens with one attached hydrogen (secondary N) is 1. The first-order valence-electron chi connectivity index (χ1n) is 6.66. The third-order valence-corrected chi connectivity index (χ3v) is 3.41. The molecule has 3 rings (SSSR count). The lowest BCUT2D eigenvalue weighted by Crippen LogP contribution is -2.16. The molecular formula is C16H13ClN4O. The van der Waals surface area contributed by atoms with E-state index in [1.165, 1.54) is 0 Å². The topological polar surface area (TPSA) is 59.8 Å². The van der Waals surface area contributed by atoms with E-state index in [4.69, 9.17) is 11.6 Å². The number of carbonyl (C=O) groups excluding carboxylic acids is 1. The zero-order chi connectivity index (χ0) is 15.5. The number of amides is 1. The lowest BCUT2D eigenvalue weighted by atomic mass is 10.1. The molecule has 1 amide bonds. The minimum absolute atomic E-state index is 0.256. The number of aryl methyl sites for hydroxylation is 1. The third kappa shape index (κ3) is 2.99. The molecule has 0 unspecified atom stereocenters. The largest absolute Gasteiger partial charge is 0.305 e. The van der Waals surface area contributed by atoms with Crippen molar-refractivity contribution in [3.63, 3.8) is 0 Å². The van der Waals surface area contributed by atoms with Crippen LogP contribution in [0.1, 0.15) is 10.5 Å². The fourth-order valence-electron chi connectivity index (χ4n) is 2.06. The average Bonchev–Trinajstić information content (AvgIpc) is 2.91. The van der Waals surface area contributed by atoms with Gasteiger partial charge in [-0.1, -0.05) is 29.8 Å². The smallest absolute Gasteiger partial charge is 0.275 e. The van der Waals surface area contributed by atoms with Crippen LogP contribution in [-0.4, -0.2) is 20.7 Å². The van der Waals surface area contributed by atoms with Crippen LogP contribution >= 0.6 is 11.6 Å². The van der Waals surface area contributed by atoms with Crippen LogP contribution < -0.4 is 5.32 Å². The fraction of sp³-hybridized carbons (Fsp3) is 0.0625. The highest BCUT2D eigenvalue weighted by Gasteiger charge is 2.14. The van der Waals surface area contributed by atoms with Gasteiger partial charge in [-0.15, -0.1) is 0 Å². The minimum atomic E-state index is -0.256. The fourth-order valence-corrected chi connectivity index (χ4v) is 2.18. The lowest BCUT2D eigenvalue weighted by molar-refractivity contribution is 0.101. The van der Waals surface area contributed by atoms with Crippen LogP contribution in [0.5, 0.6) is 0 Å². The Kier molecular flexibility index (Phi) is 3.89. The van der Waals surface area contributed by atoms with E-state index < -0.39 is 0 Å². The van der Waals surface area contributed by atoms with E-state index in [-0.39, 0.29) is 5.91 Å². The highest BCUT2D eigenvalue weighted by Crippen LogP contribution is 2.21. The Balaban J connectivity index is 1.86. The monoisotopic (exact) mass is 312 g/mol. The standard InChI is InChI=1S/C16H13ClN4O/c1-21-14(16(22)19-15-4-2-3-9-18-15)10-13(20-21)11-5-7-12(17)8-6-11/h2-10H,1H3,(H,18,19,22).